The van der Waals surface area contributed by atoms with Gasteiger partial charge < -0.3 is 29.6 Å². The topological polar surface area (TPSA) is 190 Å². The maximum absolute atomic E-state index is 10.5. The summed E-state index contributed by atoms with van der Waals surface area (Å²) in [6.07, 6.45) is 6.38. The molecule has 0 bridgehead atoms. The highest BCUT2D eigenvalue weighted by Crippen LogP contribution is 2.42. The van der Waals surface area contributed by atoms with E-state index >= 15 is 0 Å². The highest BCUT2D eigenvalue weighted by Gasteiger charge is 2.34. The zero-order valence-corrected chi connectivity index (χ0v) is 29.6. The van der Waals surface area contributed by atoms with Gasteiger partial charge in [-0.15, -0.1) is 22.7 Å². The fourth-order valence-corrected chi connectivity index (χ4v) is 9.65. The Labute approximate surface area is 296 Å². The third-order valence-electron chi connectivity index (χ3n) is 10.3. The smallest absolute Gasteiger partial charge is 0.138 e. The van der Waals surface area contributed by atoms with Crippen LogP contribution in [0.3, 0.4) is 0 Å². The van der Waals surface area contributed by atoms with E-state index in [1.54, 1.807) is 48.9 Å². The summed E-state index contributed by atoms with van der Waals surface area (Å²) in [4.78, 5) is 18.1. The molecule has 0 aliphatic heterocycles. The zero-order valence-electron chi connectivity index (χ0n) is 27.9. The van der Waals surface area contributed by atoms with E-state index in [1.807, 2.05) is 22.9 Å². The number of nitriles is 2. The molecule has 6 heterocycles. The molecule has 4 N–H and O–H groups in total. The molecule has 6 aromatic rings. The Hall–Kier alpha value is -4.02. The van der Waals surface area contributed by atoms with Crippen LogP contribution in [-0.4, -0.2) is 61.7 Å². The van der Waals surface area contributed by atoms with Crippen LogP contribution in [0.4, 0.5) is 0 Å². The van der Waals surface area contributed by atoms with E-state index < -0.39 is 24.4 Å². The monoisotopic (exact) mass is 712 g/mol. The van der Waals surface area contributed by atoms with Crippen LogP contribution < -0.4 is 0 Å². The third-order valence-corrected chi connectivity index (χ3v) is 12.2. The molecule has 50 heavy (non-hydrogen) atoms. The molecule has 0 radical (unpaired) electrons. The Morgan fingerprint density at radius 1 is 0.720 bits per heavy atom. The Morgan fingerprint density at radius 2 is 1.14 bits per heavy atom. The molecule has 2 aliphatic carbocycles. The van der Waals surface area contributed by atoms with Crippen molar-refractivity contribution in [3.63, 3.8) is 0 Å². The molecule has 8 rings (SSSR count). The van der Waals surface area contributed by atoms with Gasteiger partial charge in [0.1, 0.15) is 34.9 Å². The molecule has 8 atom stereocenters. The van der Waals surface area contributed by atoms with Crippen molar-refractivity contribution in [2.45, 2.75) is 102 Å². The predicted molar refractivity (Wildman–Crippen MR) is 192 cm³/mol. The number of thiophene rings is 2. The van der Waals surface area contributed by atoms with E-state index in [9.17, 15) is 20.4 Å². The lowest BCUT2D eigenvalue weighted by molar-refractivity contribution is 0.0479. The van der Waals surface area contributed by atoms with Crippen molar-refractivity contribution in [3.05, 3.63) is 46.9 Å². The maximum atomic E-state index is 10.5. The molecule has 260 valence electrons. The van der Waals surface area contributed by atoms with E-state index in [1.165, 1.54) is 0 Å². The third kappa shape index (κ3) is 6.25. The first kappa shape index (κ1) is 34.4. The van der Waals surface area contributed by atoms with Crippen LogP contribution >= 0.6 is 22.7 Å². The summed E-state index contributed by atoms with van der Waals surface area (Å²) in [7, 11) is 0. The summed E-state index contributed by atoms with van der Waals surface area (Å²) in [5, 5.41) is 63.4. The van der Waals surface area contributed by atoms with E-state index in [0.29, 0.717) is 37.3 Å². The normalized spacial score (nSPS) is 25.3. The van der Waals surface area contributed by atoms with Crippen molar-refractivity contribution in [3.8, 4) is 12.1 Å². The Balaban J connectivity index is 0.000000157. The molecule has 14 heteroatoms. The molecule has 2 aliphatic rings. The molecule has 2 saturated carbocycles. The minimum absolute atomic E-state index is 0.0365. The summed E-state index contributed by atoms with van der Waals surface area (Å²) in [6.45, 7) is 3.43. The van der Waals surface area contributed by atoms with Gasteiger partial charge in [0.2, 0.25) is 0 Å². The van der Waals surface area contributed by atoms with Gasteiger partial charge in [-0.05, 0) is 87.1 Å². The minimum atomic E-state index is -0.698. The average molecular weight is 713 g/mol. The lowest BCUT2D eigenvalue weighted by Gasteiger charge is -2.34. The fraction of sp³-hybridized carbons (Fsp3) is 0.500. The van der Waals surface area contributed by atoms with Crippen LogP contribution in [0, 0.1) is 34.5 Å². The van der Waals surface area contributed by atoms with E-state index in [0.717, 1.165) is 68.2 Å². The number of hydrogen-bond acceptors (Lipinski definition) is 12. The number of imidazole rings is 2. The van der Waals surface area contributed by atoms with Gasteiger partial charge in [0.25, 0.3) is 0 Å². The molecule has 0 unspecified atom stereocenters. The standard InChI is InChI=1S/2C18H20N4O2S/c2*1-10(23)18-21-14-9-20-13-5-7-25-17(13)16(14)22(18)12-3-2-11(4-6-19)15(24)8-12/h2*5,7,9-12,15,23-24H,2-4,8H2,1H3/t10-,11+,12-,15+;10-,11-,12+,15-/m11/s1. The summed E-state index contributed by atoms with van der Waals surface area (Å²) in [6, 6.07) is 8.44. The minimum Gasteiger partial charge on any atom is -0.393 e. The van der Waals surface area contributed by atoms with Crippen molar-refractivity contribution in [2.75, 3.05) is 0 Å². The molecule has 0 saturated heterocycles. The Bertz CT molecular complexity index is 2070. The van der Waals surface area contributed by atoms with Crippen LogP contribution in [0.25, 0.3) is 42.5 Å². The number of aliphatic hydroxyl groups excluding tert-OH is 4. The summed E-state index contributed by atoms with van der Waals surface area (Å²) in [5.41, 5.74) is 5.39. The second kappa shape index (κ2) is 14.3. The van der Waals surface area contributed by atoms with Crippen molar-refractivity contribution >= 4 is 65.2 Å². The molecule has 2 fully saturated rings. The fourth-order valence-electron chi connectivity index (χ4n) is 7.88. The Morgan fingerprint density at radius 3 is 1.50 bits per heavy atom. The van der Waals surface area contributed by atoms with Crippen molar-refractivity contribution in [1.82, 2.24) is 29.1 Å². The van der Waals surface area contributed by atoms with Gasteiger partial charge in [0.15, 0.2) is 0 Å². The SMILES string of the molecule is C[C@@H](O)c1nc2cnc3ccsc3c2n1[C@@H]1CC[C@@H](CC#N)[C@@H](O)C1.C[C@@H](O)c1nc2cnc3ccsc3c2n1[C@H]1CC[C@H](CC#N)[C@H](O)C1. The number of rotatable bonds is 6. The summed E-state index contributed by atoms with van der Waals surface area (Å²) >= 11 is 3.24. The number of aliphatic hydroxyl groups is 4. The van der Waals surface area contributed by atoms with Crippen LogP contribution in [0.15, 0.2) is 35.3 Å². The van der Waals surface area contributed by atoms with Crippen LogP contribution in [0.1, 0.15) is 101 Å². The predicted octanol–water partition coefficient (Wildman–Crippen LogP) is 6.63. The van der Waals surface area contributed by atoms with Crippen LogP contribution in [0.2, 0.25) is 0 Å². The van der Waals surface area contributed by atoms with Gasteiger partial charge in [-0.1, -0.05) is 0 Å². The molecule has 0 spiro atoms. The van der Waals surface area contributed by atoms with Crippen molar-refractivity contribution in [1.29, 1.82) is 10.5 Å². The highest BCUT2D eigenvalue weighted by atomic mass is 32.1. The first-order valence-corrected chi connectivity index (χ1v) is 18.9. The second-order valence-corrected chi connectivity index (χ2v) is 15.4. The summed E-state index contributed by atoms with van der Waals surface area (Å²) < 4.78 is 6.33. The second-order valence-electron chi connectivity index (χ2n) is 13.6. The molecule has 12 nitrogen and oxygen atoms in total. The quantitative estimate of drug-likeness (QED) is 0.146. The number of pyridine rings is 2. The van der Waals surface area contributed by atoms with Crippen LogP contribution in [-0.2, 0) is 0 Å². The van der Waals surface area contributed by atoms with Gasteiger partial charge >= 0.3 is 0 Å². The van der Waals surface area contributed by atoms with Gasteiger partial charge in [0.05, 0.1) is 68.2 Å². The molecule has 0 amide bonds. The van der Waals surface area contributed by atoms with E-state index in [-0.39, 0.29) is 23.9 Å². The van der Waals surface area contributed by atoms with Gasteiger partial charge in [-0.2, -0.15) is 10.5 Å². The number of fused-ring (bicyclic) bond motifs is 6. The van der Waals surface area contributed by atoms with Gasteiger partial charge in [-0.25, -0.2) is 9.97 Å². The summed E-state index contributed by atoms with van der Waals surface area (Å²) in [5.74, 6) is 1.31. The Kier molecular flexibility index (Phi) is 9.85. The average Bonchev–Trinajstić information content (AvgIpc) is 3.90. The van der Waals surface area contributed by atoms with E-state index in [4.69, 9.17) is 10.5 Å². The first-order chi connectivity index (χ1) is 24.2. The maximum Gasteiger partial charge on any atom is 0.138 e. The highest BCUT2D eigenvalue weighted by molar-refractivity contribution is 7.18. The number of nitrogens with zero attached hydrogens (tertiary/aromatic N) is 8. The lowest BCUT2D eigenvalue weighted by Crippen LogP contribution is -2.31. The zero-order chi connectivity index (χ0) is 35.1. The first-order valence-electron chi connectivity index (χ1n) is 17.1. The van der Waals surface area contributed by atoms with Crippen molar-refractivity contribution < 1.29 is 20.4 Å². The lowest BCUT2D eigenvalue weighted by atomic mass is 9.81. The largest absolute Gasteiger partial charge is 0.393 e. The molecular weight excluding hydrogens is 673 g/mol. The number of hydrogen-bond donors (Lipinski definition) is 4. The molecular formula is C36H40N8O4S2. The van der Waals surface area contributed by atoms with E-state index in [2.05, 4.69) is 41.2 Å². The van der Waals surface area contributed by atoms with Gasteiger partial charge in [-0.3, -0.25) is 9.97 Å². The van der Waals surface area contributed by atoms with Crippen LogP contribution in [0.5, 0.6) is 0 Å². The van der Waals surface area contributed by atoms with Gasteiger partial charge in [0, 0.05) is 24.9 Å². The van der Waals surface area contributed by atoms with Crippen molar-refractivity contribution in [2.24, 2.45) is 11.8 Å². The number of aromatic nitrogens is 6. The molecule has 6 aromatic heterocycles. The molecule has 0 aromatic carbocycles.